The van der Waals surface area contributed by atoms with E-state index in [0.29, 0.717) is 5.56 Å². The highest BCUT2D eigenvalue weighted by Gasteiger charge is 2.33. The third-order valence-electron chi connectivity index (χ3n) is 4.57. The van der Waals surface area contributed by atoms with Gasteiger partial charge in [0.05, 0.1) is 16.1 Å². The summed E-state index contributed by atoms with van der Waals surface area (Å²) in [6.07, 6.45) is 0. The summed E-state index contributed by atoms with van der Waals surface area (Å²) in [7, 11) is 0. The van der Waals surface area contributed by atoms with Crippen LogP contribution in [0.3, 0.4) is 0 Å². The first-order valence-electron chi connectivity index (χ1n) is 8.40. The molecule has 0 amide bonds. The number of halogens is 2. The van der Waals surface area contributed by atoms with Gasteiger partial charge in [-0.2, -0.15) is 0 Å². The predicted octanol–water partition coefficient (Wildman–Crippen LogP) is 4.61. The number of hydrogen-bond acceptors (Lipinski definition) is 4. The van der Waals surface area contributed by atoms with Crippen LogP contribution in [0.1, 0.15) is 47.8 Å². The van der Waals surface area contributed by atoms with Crippen LogP contribution in [0, 0.1) is 5.82 Å². The summed E-state index contributed by atoms with van der Waals surface area (Å²) in [6.45, 7) is -0.283. The highest BCUT2D eigenvalue weighted by atomic mass is 35.5. The summed E-state index contributed by atoms with van der Waals surface area (Å²) >= 11 is 6.31. The lowest BCUT2D eigenvalue weighted by Gasteiger charge is -2.19. The minimum absolute atomic E-state index is 0.0225. The van der Waals surface area contributed by atoms with Gasteiger partial charge >= 0.3 is 5.97 Å². The molecule has 4 nitrogen and oxygen atoms in total. The van der Waals surface area contributed by atoms with Crippen molar-refractivity contribution in [3.63, 3.8) is 0 Å². The van der Waals surface area contributed by atoms with Crippen LogP contribution in [0.4, 0.5) is 4.39 Å². The third-order valence-corrected chi connectivity index (χ3v) is 4.96. The third kappa shape index (κ3) is 2.90. The zero-order valence-electron chi connectivity index (χ0n) is 14.4. The van der Waals surface area contributed by atoms with Crippen molar-refractivity contribution < 1.29 is 23.5 Å². The van der Waals surface area contributed by atoms with E-state index in [2.05, 4.69) is 0 Å². The van der Waals surface area contributed by atoms with Gasteiger partial charge in [0, 0.05) is 22.3 Å². The Bertz CT molecular complexity index is 1150. The summed E-state index contributed by atoms with van der Waals surface area (Å²) in [5, 5.41) is -0.149. The highest BCUT2D eigenvalue weighted by Crippen LogP contribution is 2.34. The minimum Gasteiger partial charge on any atom is -0.457 e. The molecule has 28 heavy (non-hydrogen) atoms. The Morgan fingerprint density at radius 2 is 1.50 bits per heavy atom. The van der Waals surface area contributed by atoms with Crippen molar-refractivity contribution in [2.45, 2.75) is 6.61 Å². The number of benzene rings is 3. The smallest absolute Gasteiger partial charge is 0.340 e. The maximum absolute atomic E-state index is 13.7. The zero-order chi connectivity index (χ0) is 19.8. The topological polar surface area (TPSA) is 60.4 Å². The van der Waals surface area contributed by atoms with Crippen LogP contribution in [-0.4, -0.2) is 17.5 Å². The molecule has 1 aliphatic rings. The van der Waals surface area contributed by atoms with Crippen molar-refractivity contribution in [2.75, 3.05) is 0 Å². The lowest BCUT2D eigenvalue weighted by molar-refractivity contribution is 0.0469. The van der Waals surface area contributed by atoms with Gasteiger partial charge in [0.2, 0.25) is 0 Å². The van der Waals surface area contributed by atoms with Crippen LogP contribution in [0.25, 0.3) is 0 Å². The zero-order valence-corrected chi connectivity index (χ0v) is 15.1. The molecule has 0 fully saturated rings. The van der Waals surface area contributed by atoms with Gasteiger partial charge in [-0.3, -0.25) is 9.59 Å². The van der Waals surface area contributed by atoms with E-state index in [9.17, 15) is 18.8 Å². The van der Waals surface area contributed by atoms with Crippen LogP contribution in [0.15, 0.2) is 60.7 Å². The van der Waals surface area contributed by atoms with Crippen molar-refractivity contribution in [2.24, 2.45) is 0 Å². The van der Waals surface area contributed by atoms with Crippen LogP contribution >= 0.6 is 11.6 Å². The molecule has 0 aliphatic heterocycles. The summed E-state index contributed by atoms with van der Waals surface area (Å²) in [6, 6.07) is 15.1. The number of ether oxygens (including phenoxy) is 1. The fourth-order valence-electron chi connectivity index (χ4n) is 3.14. The lowest BCUT2D eigenvalue weighted by atomic mass is 9.83. The molecule has 6 heteroatoms. The maximum Gasteiger partial charge on any atom is 0.340 e. The normalized spacial score (nSPS) is 12.4. The lowest BCUT2D eigenvalue weighted by Crippen LogP contribution is -2.22. The Balaban J connectivity index is 1.68. The second kappa shape index (κ2) is 7.02. The summed E-state index contributed by atoms with van der Waals surface area (Å²) in [4.78, 5) is 37.9. The molecule has 0 radical (unpaired) electrons. The fourth-order valence-corrected chi connectivity index (χ4v) is 3.47. The van der Waals surface area contributed by atoms with E-state index in [-0.39, 0.29) is 45.2 Å². The monoisotopic (exact) mass is 394 g/mol. The minimum atomic E-state index is -0.810. The van der Waals surface area contributed by atoms with Crippen molar-refractivity contribution in [1.82, 2.24) is 0 Å². The molecule has 3 aromatic rings. The van der Waals surface area contributed by atoms with E-state index in [4.69, 9.17) is 16.3 Å². The van der Waals surface area contributed by atoms with Gasteiger partial charge in [-0.15, -0.1) is 0 Å². The molecule has 138 valence electrons. The predicted molar refractivity (Wildman–Crippen MR) is 100 cm³/mol. The Labute approximate surface area is 164 Å². The van der Waals surface area contributed by atoms with Gasteiger partial charge in [-0.05, 0) is 18.2 Å². The number of carbonyl (C=O) groups is 3. The molecule has 0 N–H and O–H groups in total. The molecule has 0 unspecified atom stereocenters. The maximum atomic E-state index is 13.7. The van der Waals surface area contributed by atoms with Crippen LogP contribution in [-0.2, 0) is 11.3 Å². The molecule has 0 atom stereocenters. The van der Waals surface area contributed by atoms with E-state index < -0.39 is 17.6 Å². The number of hydrogen-bond donors (Lipinski definition) is 0. The van der Waals surface area contributed by atoms with E-state index in [1.165, 1.54) is 36.4 Å². The molecule has 0 spiro atoms. The second-order valence-corrected chi connectivity index (χ2v) is 6.60. The molecule has 1 aliphatic carbocycles. The Morgan fingerprint density at radius 1 is 0.857 bits per heavy atom. The standard InChI is InChI=1S/C22H12ClFO4/c23-19-16(22(27)28-11-12-5-1-4-8-17(12)24)10-9-15-18(19)21(26)14-7-3-2-6-13(14)20(15)25/h1-10H,11H2. The molecule has 0 aromatic heterocycles. The van der Waals surface area contributed by atoms with E-state index in [1.54, 1.807) is 24.3 Å². The number of carbonyl (C=O) groups excluding carboxylic acids is 3. The van der Waals surface area contributed by atoms with Gasteiger partial charge in [-0.25, -0.2) is 9.18 Å². The highest BCUT2D eigenvalue weighted by molar-refractivity contribution is 6.41. The molecule has 0 saturated carbocycles. The largest absolute Gasteiger partial charge is 0.457 e. The van der Waals surface area contributed by atoms with Gasteiger partial charge in [0.1, 0.15) is 12.4 Å². The van der Waals surface area contributed by atoms with Crippen molar-refractivity contribution >= 4 is 29.1 Å². The van der Waals surface area contributed by atoms with Gasteiger partial charge in [0.15, 0.2) is 11.6 Å². The summed E-state index contributed by atoms with van der Waals surface area (Å²) in [5.41, 5.74) is 0.803. The summed E-state index contributed by atoms with van der Waals surface area (Å²) < 4.78 is 18.8. The van der Waals surface area contributed by atoms with Crippen molar-refractivity contribution in [3.8, 4) is 0 Å². The van der Waals surface area contributed by atoms with Gasteiger partial charge in [-0.1, -0.05) is 54.1 Å². The second-order valence-electron chi connectivity index (χ2n) is 6.22. The average Bonchev–Trinajstić information content (AvgIpc) is 2.71. The molecule has 0 heterocycles. The number of rotatable bonds is 3. The van der Waals surface area contributed by atoms with Crippen LogP contribution in [0.5, 0.6) is 0 Å². The average molecular weight is 395 g/mol. The molecule has 0 bridgehead atoms. The number of ketones is 2. The van der Waals surface area contributed by atoms with E-state index >= 15 is 0 Å². The Hall–Kier alpha value is -3.31. The SMILES string of the molecule is O=C(OCc1ccccc1F)c1ccc2c(c1Cl)C(=O)c1ccccc1C2=O. The first-order valence-corrected chi connectivity index (χ1v) is 8.78. The molecular weight excluding hydrogens is 383 g/mol. The molecule has 0 saturated heterocycles. The fraction of sp³-hybridized carbons (Fsp3) is 0.0455. The number of fused-ring (bicyclic) bond motifs is 2. The first-order chi connectivity index (χ1) is 13.5. The molecule has 4 rings (SSSR count). The Kier molecular flexibility index (Phi) is 4.53. The first kappa shape index (κ1) is 18.1. The van der Waals surface area contributed by atoms with Gasteiger partial charge in [0.25, 0.3) is 0 Å². The molecular formula is C22H12ClFO4. The van der Waals surface area contributed by atoms with Crippen LogP contribution in [0.2, 0.25) is 5.02 Å². The summed E-state index contributed by atoms with van der Waals surface area (Å²) in [5.74, 6) is -2.07. The van der Waals surface area contributed by atoms with Crippen molar-refractivity contribution in [3.05, 3.63) is 105 Å². The quantitative estimate of drug-likeness (QED) is 0.476. The van der Waals surface area contributed by atoms with Crippen molar-refractivity contribution in [1.29, 1.82) is 0 Å². The van der Waals surface area contributed by atoms with Crippen LogP contribution < -0.4 is 0 Å². The van der Waals surface area contributed by atoms with Gasteiger partial charge < -0.3 is 4.74 Å². The van der Waals surface area contributed by atoms with E-state index in [1.807, 2.05) is 0 Å². The Morgan fingerprint density at radius 3 is 2.21 bits per heavy atom. The molecule has 3 aromatic carbocycles. The van der Waals surface area contributed by atoms with E-state index in [0.717, 1.165) is 0 Å². The number of esters is 1.